The second-order valence-corrected chi connectivity index (χ2v) is 5.32. The zero-order valence-electron chi connectivity index (χ0n) is 11.6. The molecule has 0 bridgehead atoms. The van der Waals surface area contributed by atoms with Crippen LogP contribution in [0.5, 0.6) is 0 Å². The highest BCUT2D eigenvalue weighted by molar-refractivity contribution is 5.95. The van der Waals surface area contributed by atoms with Crippen molar-refractivity contribution < 1.29 is 4.79 Å². The van der Waals surface area contributed by atoms with Gasteiger partial charge in [0.25, 0.3) is 0 Å². The Bertz CT molecular complexity index is 465. The van der Waals surface area contributed by atoms with Gasteiger partial charge in [0.1, 0.15) is 0 Å². The highest BCUT2D eigenvalue weighted by Gasteiger charge is 2.22. The van der Waals surface area contributed by atoms with Crippen LogP contribution in [0.4, 0.5) is 11.4 Å². The number of nitrogens with zero attached hydrogens (tertiary/aromatic N) is 2. The minimum Gasteiger partial charge on any atom is -0.397 e. The molecule has 1 aromatic carbocycles. The molecule has 5 heteroatoms. The predicted molar refractivity (Wildman–Crippen MR) is 78.3 cm³/mol. The zero-order valence-corrected chi connectivity index (χ0v) is 11.6. The van der Waals surface area contributed by atoms with E-state index in [2.05, 4.69) is 23.9 Å². The molecule has 1 aliphatic heterocycles. The van der Waals surface area contributed by atoms with E-state index in [0.717, 1.165) is 31.6 Å². The van der Waals surface area contributed by atoms with E-state index in [1.807, 2.05) is 0 Å². The minimum atomic E-state index is -0.413. The van der Waals surface area contributed by atoms with Gasteiger partial charge in [-0.2, -0.15) is 0 Å². The maximum Gasteiger partial charge on any atom is 0.248 e. The Hall–Kier alpha value is -1.75. The van der Waals surface area contributed by atoms with Crippen LogP contribution in [0.15, 0.2) is 18.2 Å². The Morgan fingerprint density at radius 2 is 1.95 bits per heavy atom. The largest absolute Gasteiger partial charge is 0.397 e. The Balaban J connectivity index is 2.15. The molecule has 0 atom stereocenters. The van der Waals surface area contributed by atoms with Gasteiger partial charge in [-0.1, -0.05) is 0 Å². The van der Waals surface area contributed by atoms with Crippen molar-refractivity contribution in [2.45, 2.75) is 18.9 Å². The monoisotopic (exact) mass is 262 g/mol. The van der Waals surface area contributed by atoms with Gasteiger partial charge in [-0.3, -0.25) is 4.79 Å². The van der Waals surface area contributed by atoms with Gasteiger partial charge >= 0.3 is 0 Å². The van der Waals surface area contributed by atoms with Crippen LogP contribution in [0, 0.1) is 0 Å². The minimum absolute atomic E-state index is 0.413. The molecule has 1 saturated heterocycles. The van der Waals surface area contributed by atoms with Crippen molar-refractivity contribution in [2.24, 2.45) is 5.73 Å². The van der Waals surface area contributed by atoms with Gasteiger partial charge in [0.15, 0.2) is 0 Å². The van der Waals surface area contributed by atoms with E-state index >= 15 is 0 Å². The molecule has 0 saturated carbocycles. The predicted octanol–water partition coefficient (Wildman–Crippen LogP) is 0.898. The number of primary amides is 1. The number of nitrogens with two attached hydrogens (primary N) is 2. The van der Waals surface area contributed by atoms with E-state index in [1.165, 1.54) is 0 Å². The molecule has 1 amide bonds. The topological polar surface area (TPSA) is 75.6 Å². The van der Waals surface area contributed by atoms with Gasteiger partial charge in [-0.25, -0.2) is 0 Å². The molecule has 0 radical (unpaired) electrons. The normalized spacial score (nSPS) is 16.9. The third-order valence-corrected chi connectivity index (χ3v) is 3.85. The molecule has 4 N–H and O–H groups in total. The molecule has 0 spiro atoms. The average molecular weight is 262 g/mol. The summed E-state index contributed by atoms with van der Waals surface area (Å²) in [5, 5.41) is 0. The second-order valence-electron chi connectivity index (χ2n) is 5.32. The fourth-order valence-corrected chi connectivity index (χ4v) is 2.59. The van der Waals surface area contributed by atoms with Gasteiger partial charge in [-0.05, 0) is 45.1 Å². The zero-order chi connectivity index (χ0) is 14.0. The fourth-order valence-electron chi connectivity index (χ4n) is 2.59. The van der Waals surface area contributed by atoms with Crippen LogP contribution in [0.1, 0.15) is 23.2 Å². The van der Waals surface area contributed by atoms with E-state index in [0.29, 0.717) is 17.3 Å². The number of benzene rings is 1. The maximum absolute atomic E-state index is 11.2. The number of hydrogen-bond donors (Lipinski definition) is 2. The number of nitrogen functional groups attached to an aromatic ring is 1. The second kappa shape index (κ2) is 5.48. The van der Waals surface area contributed by atoms with Gasteiger partial charge in [0.2, 0.25) is 5.91 Å². The van der Waals surface area contributed by atoms with Gasteiger partial charge in [0.05, 0.1) is 11.4 Å². The Kier molecular flexibility index (Phi) is 3.95. The first-order chi connectivity index (χ1) is 8.99. The Morgan fingerprint density at radius 1 is 1.32 bits per heavy atom. The average Bonchev–Trinajstić information content (AvgIpc) is 2.39. The third kappa shape index (κ3) is 2.98. The molecule has 2 rings (SSSR count). The van der Waals surface area contributed by atoms with Crippen LogP contribution in [0.25, 0.3) is 0 Å². The summed E-state index contributed by atoms with van der Waals surface area (Å²) < 4.78 is 0. The molecular formula is C14H22N4O. The summed E-state index contributed by atoms with van der Waals surface area (Å²) >= 11 is 0. The van der Waals surface area contributed by atoms with Crippen LogP contribution in [-0.4, -0.2) is 44.0 Å². The summed E-state index contributed by atoms with van der Waals surface area (Å²) in [5.41, 5.74) is 13.5. The van der Waals surface area contributed by atoms with Gasteiger partial charge < -0.3 is 21.3 Å². The SMILES string of the molecule is CN(C)C1CCN(c2cc(C(N)=O)ccc2N)CC1. The standard InChI is InChI=1S/C14H22N4O/c1-17(2)11-5-7-18(8-6-11)13-9-10(14(16)19)3-4-12(13)15/h3-4,9,11H,5-8,15H2,1-2H3,(H2,16,19). The van der Waals surface area contributed by atoms with Crippen molar-refractivity contribution >= 4 is 17.3 Å². The molecule has 0 aromatic heterocycles. The van der Waals surface area contributed by atoms with Gasteiger partial charge in [-0.15, -0.1) is 0 Å². The first-order valence-corrected chi connectivity index (χ1v) is 6.59. The van der Waals surface area contributed by atoms with E-state index in [4.69, 9.17) is 11.5 Å². The lowest BCUT2D eigenvalue weighted by atomic mass is 10.0. The first kappa shape index (κ1) is 13.7. The molecule has 1 aromatic rings. The number of piperidine rings is 1. The highest BCUT2D eigenvalue weighted by Crippen LogP contribution is 2.28. The summed E-state index contributed by atoms with van der Waals surface area (Å²) in [6.45, 7) is 1.91. The first-order valence-electron chi connectivity index (χ1n) is 6.59. The molecule has 5 nitrogen and oxygen atoms in total. The van der Waals surface area contributed by atoms with Crippen molar-refractivity contribution in [3.8, 4) is 0 Å². The molecule has 0 unspecified atom stereocenters. The Labute approximate surface area is 114 Å². The summed E-state index contributed by atoms with van der Waals surface area (Å²) in [4.78, 5) is 15.7. The summed E-state index contributed by atoms with van der Waals surface area (Å²) in [6, 6.07) is 5.85. The number of anilines is 2. The molecule has 1 aliphatic rings. The number of carbonyl (C=O) groups is 1. The molecule has 19 heavy (non-hydrogen) atoms. The molecule has 0 aliphatic carbocycles. The van der Waals surface area contributed by atoms with Crippen LogP contribution >= 0.6 is 0 Å². The quantitative estimate of drug-likeness (QED) is 0.794. The van der Waals surface area contributed by atoms with Crippen molar-refractivity contribution in [3.63, 3.8) is 0 Å². The summed E-state index contributed by atoms with van der Waals surface area (Å²) in [7, 11) is 4.23. The van der Waals surface area contributed by atoms with Crippen LogP contribution in [0.2, 0.25) is 0 Å². The van der Waals surface area contributed by atoms with E-state index in [1.54, 1.807) is 18.2 Å². The molecular weight excluding hydrogens is 240 g/mol. The third-order valence-electron chi connectivity index (χ3n) is 3.85. The number of carbonyl (C=O) groups excluding carboxylic acids is 1. The van der Waals surface area contributed by atoms with E-state index < -0.39 is 5.91 Å². The molecule has 1 heterocycles. The number of amides is 1. The van der Waals surface area contributed by atoms with Crippen molar-refractivity contribution in [1.29, 1.82) is 0 Å². The smallest absolute Gasteiger partial charge is 0.248 e. The lowest BCUT2D eigenvalue weighted by Crippen LogP contribution is -2.42. The highest BCUT2D eigenvalue weighted by atomic mass is 16.1. The van der Waals surface area contributed by atoms with Crippen LogP contribution < -0.4 is 16.4 Å². The fraction of sp³-hybridized carbons (Fsp3) is 0.500. The van der Waals surface area contributed by atoms with Crippen molar-refractivity contribution in [1.82, 2.24) is 4.90 Å². The van der Waals surface area contributed by atoms with E-state index in [9.17, 15) is 4.79 Å². The summed E-state index contributed by atoms with van der Waals surface area (Å²) in [6.07, 6.45) is 2.21. The van der Waals surface area contributed by atoms with Crippen LogP contribution in [-0.2, 0) is 0 Å². The van der Waals surface area contributed by atoms with Crippen molar-refractivity contribution in [3.05, 3.63) is 23.8 Å². The van der Waals surface area contributed by atoms with E-state index in [-0.39, 0.29) is 0 Å². The Morgan fingerprint density at radius 3 is 2.47 bits per heavy atom. The van der Waals surface area contributed by atoms with Crippen molar-refractivity contribution in [2.75, 3.05) is 37.8 Å². The summed E-state index contributed by atoms with van der Waals surface area (Å²) in [5.74, 6) is -0.413. The number of hydrogen-bond acceptors (Lipinski definition) is 4. The molecule has 1 fully saturated rings. The maximum atomic E-state index is 11.2. The molecule has 104 valence electrons. The number of rotatable bonds is 3. The van der Waals surface area contributed by atoms with Gasteiger partial charge in [0, 0.05) is 24.7 Å². The van der Waals surface area contributed by atoms with Crippen LogP contribution in [0.3, 0.4) is 0 Å². The lowest BCUT2D eigenvalue weighted by molar-refractivity contribution is 0.100. The lowest BCUT2D eigenvalue weighted by Gasteiger charge is -2.37.